The van der Waals surface area contributed by atoms with Gasteiger partial charge in [0.05, 0.1) is 10.0 Å². The summed E-state index contributed by atoms with van der Waals surface area (Å²) in [5.41, 5.74) is -0.819. The summed E-state index contributed by atoms with van der Waals surface area (Å²) >= 11 is 11.6. The highest BCUT2D eigenvalue weighted by Gasteiger charge is 2.34. The maximum Gasteiger partial charge on any atom is 0.433 e. The number of alkyl halides is 3. The molecule has 1 atom stereocenters. The Morgan fingerprint density at radius 3 is 2.28 bits per heavy atom. The molecule has 2 rings (SSSR count). The molecule has 0 saturated heterocycles. The van der Waals surface area contributed by atoms with Gasteiger partial charge in [0, 0.05) is 17.8 Å². The van der Waals surface area contributed by atoms with Crippen molar-refractivity contribution in [2.45, 2.75) is 32.5 Å². The molecule has 25 heavy (non-hydrogen) atoms. The fourth-order valence-electron chi connectivity index (χ4n) is 1.83. The molecule has 1 heterocycles. The maximum atomic E-state index is 13.1. The van der Waals surface area contributed by atoms with Gasteiger partial charge in [-0.05, 0) is 25.5 Å². The van der Waals surface area contributed by atoms with Gasteiger partial charge in [0.15, 0.2) is 11.4 Å². The number of nitrogens with zero attached hydrogens (tertiary/aromatic N) is 2. The number of halogens is 5. The number of phenolic OH excluding ortho intramolecular Hbond substituents is 1. The first-order valence-electron chi connectivity index (χ1n) is 7.28. The highest BCUT2D eigenvalue weighted by Crippen LogP contribution is 2.36. The van der Waals surface area contributed by atoms with E-state index in [1.54, 1.807) is 6.92 Å². The Morgan fingerprint density at radius 1 is 1.16 bits per heavy atom. The topological polar surface area (TPSA) is 70.1 Å². The molecule has 1 aromatic carbocycles. The largest absolute Gasteiger partial charge is 0.505 e. The van der Waals surface area contributed by atoms with E-state index in [4.69, 9.17) is 23.2 Å². The van der Waals surface area contributed by atoms with Crippen LogP contribution in [0.25, 0.3) is 0 Å². The zero-order valence-corrected chi connectivity index (χ0v) is 14.8. The summed E-state index contributed by atoms with van der Waals surface area (Å²) < 4.78 is 39.2. The molecular weight excluding hydrogens is 380 g/mol. The molecule has 0 amide bonds. The van der Waals surface area contributed by atoms with Crippen molar-refractivity contribution in [2.24, 2.45) is 0 Å². The second-order valence-electron chi connectivity index (χ2n) is 5.33. The molecule has 0 bridgehead atoms. The molecule has 0 aliphatic heterocycles. The third-order valence-electron chi connectivity index (χ3n) is 3.29. The van der Waals surface area contributed by atoms with Crippen LogP contribution in [-0.4, -0.2) is 21.1 Å². The first kappa shape index (κ1) is 19.4. The van der Waals surface area contributed by atoms with Crippen molar-refractivity contribution in [3.05, 3.63) is 33.9 Å². The first-order valence-corrected chi connectivity index (χ1v) is 8.03. The lowest BCUT2D eigenvalue weighted by Gasteiger charge is -2.15. The number of hydrogen-bond acceptors (Lipinski definition) is 5. The van der Waals surface area contributed by atoms with E-state index in [9.17, 15) is 18.3 Å². The summed E-state index contributed by atoms with van der Waals surface area (Å²) in [6, 6.07) is 3.31. The highest BCUT2D eigenvalue weighted by molar-refractivity contribution is 6.37. The predicted molar refractivity (Wildman–Crippen MR) is 91.8 cm³/mol. The zero-order chi connectivity index (χ0) is 18.8. The average Bonchev–Trinajstić information content (AvgIpc) is 2.51. The summed E-state index contributed by atoms with van der Waals surface area (Å²) in [5.74, 6) is -0.555. The lowest BCUT2D eigenvalue weighted by Crippen LogP contribution is -2.18. The monoisotopic (exact) mass is 394 g/mol. The molecule has 0 radical (unpaired) electrons. The normalized spacial score (nSPS) is 12.8. The van der Waals surface area contributed by atoms with Crippen LogP contribution >= 0.6 is 23.2 Å². The molecule has 10 heteroatoms. The minimum absolute atomic E-state index is 0.0435. The van der Waals surface area contributed by atoms with Crippen LogP contribution in [0.5, 0.6) is 5.75 Å². The van der Waals surface area contributed by atoms with Gasteiger partial charge in [-0.25, -0.2) is 4.98 Å². The second kappa shape index (κ2) is 7.53. The quantitative estimate of drug-likeness (QED) is 0.587. The van der Waals surface area contributed by atoms with Crippen LogP contribution < -0.4 is 10.6 Å². The molecule has 0 aliphatic carbocycles. The van der Waals surface area contributed by atoms with Gasteiger partial charge in [0.2, 0.25) is 5.95 Å². The summed E-state index contributed by atoms with van der Waals surface area (Å²) in [6.45, 7) is 3.68. The first-order chi connectivity index (χ1) is 11.6. The van der Waals surface area contributed by atoms with E-state index in [-0.39, 0.29) is 39.3 Å². The molecule has 136 valence electrons. The van der Waals surface area contributed by atoms with Crippen molar-refractivity contribution in [3.8, 4) is 5.75 Å². The molecule has 0 unspecified atom stereocenters. The number of anilines is 3. The average molecular weight is 395 g/mol. The Bertz CT molecular complexity index is 748. The Labute approximate surface area is 152 Å². The number of hydrogen-bond donors (Lipinski definition) is 3. The van der Waals surface area contributed by atoms with Crippen LogP contribution in [0.1, 0.15) is 26.0 Å². The SMILES string of the molecule is CC[C@@H](C)Nc1nc(Nc2cc(Cl)c(O)c(Cl)c2)cc(C(F)(F)F)n1. The van der Waals surface area contributed by atoms with Crippen LogP contribution in [0.3, 0.4) is 0 Å². The predicted octanol–water partition coefficient (Wildman–Crippen LogP) is 5.46. The number of aromatic nitrogens is 2. The van der Waals surface area contributed by atoms with E-state index < -0.39 is 11.9 Å². The van der Waals surface area contributed by atoms with Crippen molar-refractivity contribution in [3.63, 3.8) is 0 Å². The molecular formula is C15H15Cl2F3N4O. The smallest absolute Gasteiger partial charge is 0.433 e. The van der Waals surface area contributed by atoms with Gasteiger partial charge in [-0.3, -0.25) is 0 Å². The van der Waals surface area contributed by atoms with Crippen molar-refractivity contribution in [2.75, 3.05) is 10.6 Å². The van der Waals surface area contributed by atoms with E-state index in [1.165, 1.54) is 12.1 Å². The number of nitrogens with one attached hydrogen (secondary N) is 2. The number of aromatic hydroxyl groups is 1. The summed E-state index contributed by atoms with van der Waals surface area (Å²) in [6.07, 6.45) is -3.94. The number of benzene rings is 1. The maximum absolute atomic E-state index is 13.1. The summed E-state index contributed by atoms with van der Waals surface area (Å²) in [7, 11) is 0. The van der Waals surface area contributed by atoms with Crippen molar-refractivity contribution in [1.29, 1.82) is 0 Å². The van der Waals surface area contributed by atoms with E-state index in [0.717, 1.165) is 6.07 Å². The van der Waals surface area contributed by atoms with Crippen LogP contribution in [-0.2, 0) is 6.18 Å². The van der Waals surface area contributed by atoms with E-state index >= 15 is 0 Å². The van der Waals surface area contributed by atoms with Crippen LogP contribution in [0, 0.1) is 0 Å². The van der Waals surface area contributed by atoms with Crippen LogP contribution in [0.2, 0.25) is 10.0 Å². The van der Waals surface area contributed by atoms with E-state index in [2.05, 4.69) is 20.6 Å². The number of rotatable bonds is 5. The molecule has 0 saturated carbocycles. The van der Waals surface area contributed by atoms with Gasteiger partial charge in [0.1, 0.15) is 5.82 Å². The third-order valence-corrected chi connectivity index (χ3v) is 3.87. The van der Waals surface area contributed by atoms with Crippen molar-refractivity contribution in [1.82, 2.24) is 9.97 Å². The van der Waals surface area contributed by atoms with Gasteiger partial charge in [-0.2, -0.15) is 18.2 Å². The molecule has 1 aromatic heterocycles. The molecule has 0 aliphatic rings. The standard InChI is InChI=1S/C15H15Cl2F3N4O/c1-3-7(2)21-14-23-11(15(18,19)20)6-12(24-14)22-8-4-9(16)13(25)10(17)5-8/h4-7,25H,3H2,1-2H3,(H2,21,22,23,24)/t7-/m1/s1. The summed E-state index contributed by atoms with van der Waals surface area (Å²) in [5, 5.41) is 14.9. The molecule has 0 fully saturated rings. The van der Waals surface area contributed by atoms with E-state index in [1.807, 2.05) is 6.92 Å². The van der Waals surface area contributed by atoms with Crippen LogP contribution in [0.15, 0.2) is 18.2 Å². The Morgan fingerprint density at radius 2 is 1.76 bits per heavy atom. The fraction of sp³-hybridized carbons (Fsp3) is 0.333. The molecule has 0 spiro atoms. The Hall–Kier alpha value is -1.93. The molecule has 2 aromatic rings. The van der Waals surface area contributed by atoms with Crippen molar-refractivity contribution < 1.29 is 18.3 Å². The minimum Gasteiger partial charge on any atom is -0.505 e. The Kier molecular flexibility index (Phi) is 5.84. The van der Waals surface area contributed by atoms with Gasteiger partial charge >= 0.3 is 6.18 Å². The van der Waals surface area contributed by atoms with E-state index in [0.29, 0.717) is 6.42 Å². The van der Waals surface area contributed by atoms with Crippen LogP contribution in [0.4, 0.5) is 30.6 Å². The van der Waals surface area contributed by atoms with Gasteiger partial charge < -0.3 is 15.7 Å². The summed E-state index contributed by atoms with van der Waals surface area (Å²) in [4.78, 5) is 7.53. The second-order valence-corrected chi connectivity index (χ2v) is 6.14. The Balaban J connectivity index is 2.40. The van der Waals surface area contributed by atoms with Gasteiger partial charge in [-0.15, -0.1) is 0 Å². The van der Waals surface area contributed by atoms with Gasteiger partial charge in [-0.1, -0.05) is 30.1 Å². The lowest BCUT2D eigenvalue weighted by atomic mass is 10.2. The number of phenols is 1. The lowest BCUT2D eigenvalue weighted by molar-refractivity contribution is -0.141. The van der Waals surface area contributed by atoms with Crippen molar-refractivity contribution >= 4 is 40.7 Å². The third kappa shape index (κ3) is 5.02. The fourth-order valence-corrected chi connectivity index (χ4v) is 2.32. The molecule has 3 N–H and O–H groups in total. The zero-order valence-electron chi connectivity index (χ0n) is 13.2. The van der Waals surface area contributed by atoms with Gasteiger partial charge in [0.25, 0.3) is 0 Å². The minimum atomic E-state index is -4.63. The molecule has 5 nitrogen and oxygen atoms in total. The highest BCUT2D eigenvalue weighted by atomic mass is 35.5.